The van der Waals surface area contributed by atoms with E-state index in [2.05, 4.69) is 5.32 Å². The molecule has 1 nitrogen and oxygen atoms in total. The largest absolute Gasteiger partial charge is 0.317 e. The van der Waals surface area contributed by atoms with Crippen molar-refractivity contribution in [3.8, 4) is 0 Å². The van der Waals surface area contributed by atoms with Gasteiger partial charge in [0.05, 0.1) is 0 Å². The minimum absolute atomic E-state index is 0. The maximum atomic E-state index is 13.3. The van der Waals surface area contributed by atoms with E-state index < -0.39 is 0 Å². The van der Waals surface area contributed by atoms with Gasteiger partial charge in [0.2, 0.25) is 0 Å². The third-order valence-corrected chi connectivity index (χ3v) is 4.14. The molecule has 1 N–H and O–H groups in total. The summed E-state index contributed by atoms with van der Waals surface area (Å²) < 4.78 is 13.3. The van der Waals surface area contributed by atoms with Crippen LogP contribution in [-0.2, 0) is 5.75 Å². The zero-order valence-corrected chi connectivity index (χ0v) is 10.7. The summed E-state index contributed by atoms with van der Waals surface area (Å²) in [6, 6.07) is 7.07. The maximum Gasteiger partial charge on any atom is 0.127 e. The second-order valence-electron chi connectivity index (χ2n) is 3.85. The molecule has 0 aliphatic carbocycles. The Bertz CT molecular complexity index is 316. The average molecular weight is 262 g/mol. The van der Waals surface area contributed by atoms with Crippen molar-refractivity contribution < 1.29 is 4.39 Å². The molecule has 1 heterocycles. The van der Waals surface area contributed by atoms with Gasteiger partial charge in [0, 0.05) is 11.0 Å². The normalized spacial score (nSPS) is 16.8. The lowest BCUT2D eigenvalue weighted by atomic mass is 10.2. The van der Waals surface area contributed by atoms with Crippen LogP contribution in [0.2, 0.25) is 0 Å². The molecular weight excluding hydrogens is 245 g/mol. The summed E-state index contributed by atoms with van der Waals surface area (Å²) in [4.78, 5) is 0. The Morgan fingerprint density at radius 2 is 1.94 bits per heavy atom. The first-order valence-corrected chi connectivity index (χ1v) is 6.47. The highest BCUT2D eigenvalue weighted by Gasteiger charge is 2.13. The third-order valence-electron chi connectivity index (χ3n) is 2.72. The van der Waals surface area contributed by atoms with Crippen LogP contribution in [-0.4, -0.2) is 18.3 Å². The van der Waals surface area contributed by atoms with E-state index in [0.717, 1.165) is 24.4 Å². The molecule has 4 heteroatoms. The number of nitrogens with one attached hydrogen (secondary N) is 1. The van der Waals surface area contributed by atoms with Crippen molar-refractivity contribution in [2.45, 2.75) is 23.8 Å². The molecule has 0 aromatic heterocycles. The number of halogens is 2. The summed E-state index contributed by atoms with van der Waals surface area (Å²) in [6.45, 7) is 2.21. The van der Waals surface area contributed by atoms with E-state index in [9.17, 15) is 4.39 Å². The maximum absolute atomic E-state index is 13.3. The van der Waals surface area contributed by atoms with E-state index in [4.69, 9.17) is 0 Å². The van der Waals surface area contributed by atoms with Crippen molar-refractivity contribution >= 4 is 24.2 Å². The van der Waals surface area contributed by atoms with Crippen molar-refractivity contribution in [2.24, 2.45) is 0 Å². The molecule has 16 heavy (non-hydrogen) atoms. The van der Waals surface area contributed by atoms with Crippen LogP contribution in [0.25, 0.3) is 0 Å². The zero-order chi connectivity index (χ0) is 10.5. The SMILES string of the molecule is Cl.Fc1ccccc1CSC1CCNCC1. The highest BCUT2D eigenvalue weighted by Crippen LogP contribution is 2.25. The number of thioether (sulfide) groups is 1. The van der Waals surface area contributed by atoms with Gasteiger partial charge in [0.15, 0.2) is 0 Å². The summed E-state index contributed by atoms with van der Waals surface area (Å²) in [6.07, 6.45) is 2.41. The van der Waals surface area contributed by atoms with Gasteiger partial charge in [-0.05, 0) is 37.6 Å². The van der Waals surface area contributed by atoms with Gasteiger partial charge in [-0.25, -0.2) is 4.39 Å². The monoisotopic (exact) mass is 261 g/mol. The lowest BCUT2D eigenvalue weighted by molar-refractivity contribution is 0.531. The van der Waals surface area contributed by atoms with Crippen LogP contribution < -0.4 is 5.32 Å². The van der Waals surface area contributed by atoms with Gasteiger partial charge in [0.25, 0.3) is 0 Å². The lowest BCUT2D eigenvalue weighted by Gasteiger charge is -2.22. The van der Waals surface area contributed by atoms with Crippen LogP contribution >= 0.6 is 24.2 Å². The van der Waals surface area contributed by atoms with E-state index in [-0.39, 0.29) is 18.2 Å². The molecule has 2 rings (SSSR count). The van der Waals surface area contributed by atoms with Crippen LogP contribution in [0.15, 0.2) is 24.3 Å². The van der Waals surface area contributed by atoms with Gasteiger partial charge in [-0.1, -0.05) is 18.2 Å². The Morgan fingerprint density at radius 1 is 1.25 bits per heavy atom. The molecule has 1 aromatic rings. The van der Waals surface area contributed by atoms with Gasteiger partial charge in [-0.3, -0.25) is 0 Å². The standard InChI is InChI=1S/C12H16FNS.ClH/c13-12-4-2-1-3-10(12)9-15-11-5-7-14-8-6-11;/h1-4,11,14H,5-9H2;1H. The van der Waals surface area contributed by atoms with E-state index >= 15 is 0 Å². The van der Waals surface area contributed by atoms with Gasteiger partial charge in [-0.2, -0.15) is 11.8 Å². The van der Waals surface area contributed by atoms with Crippen molar-refractivity contribution in [3.63, 3.8) is 0 Å². The Hall–Kier alpha value is -0.250. The summed E-state index contributed by atoms with van der Waals surface area (Å²) in [5.74, 6) is 0.732. The van der Waals surface area contributed by atoms with E-state index in [1.165, 1.54) is 18.9 Å². The summed E-state index contributed by atoms with van der Waals surface area (Å²) >= 11 is 1.88. The minimum Gasteiger partial charge on any atom is -0.317 e. The summed E-state index contributed by atoms with van der Waals surface area (Å²) in [7, 11) is 0. The van der Waals surface area contributed by atoms with Gasteiger partial charge in [0.1, 0.15) is 5.82 Å². The molecule has 0 amide bonds. The van der Waals surface area contributed by atoms with Gasteiger partial charge in [-0.15, -0.1) is 12.4 Å². The molecule has 0 atom stereocenters. The minimum atomic E-state index is -0.0704. The fraction of sp³-hybridized carbons (Fsp3) is 0.500. The predicted molar refractivity (Wildman–Crippen MR) is 70.8 cm³/mol. The summed E-state index contributed by atoms with van der Waals surface area (Å²) in [5.41, 5.74) is 0.834. The number of benzene rings is 1. The number of hydrogen-bond donors (Lipinski definition) is 1. The topological polar surface area (TPSA) is 12.0 Å². The van der Waals surface area contributed by atoms with Crippen LogP contribution in [0.4, 0.5) is 4.39 Å². The molecule has 0 unspecified atom stereocenters. The van der Waals surface area contributed by atoms with Gasteiger partial charge >= 0.3 is 0 Å². The van der Waals surface area contributed by atoms with Crippen molar-refractivity contribution in [1.82, 2.24) is 5.32 Å². The van der Waals surface area contributed by atoms with E-state index in [1.807, 2.05) is 23.9 Å². The first kappa shape index (κ1) is 13.8. The number of hydrogen-bond acceptors (Lipinski definition) is 2. The van der Waals surface area contributed by atoms with Crippen LogP contribution in [0.3, 0.4) is 0 Å². The highest BCUT2D eigenvalue weighted by atomic mass is 35.5. The van der Waals surface area contributed by atoms with Gasteiger partial charge < -0.3 is 5.32 Å². The van der Waals surface area contributed by atoms with Crippen molar-refractivity contribution in [2.75, 3.05) is 13.1 Å². The molecule has 1 saturated heterocycles. The van der Waals surface area contributed by atoms with Crippen molar-refractivity contribution in [3.05, 3.63) is 35.6 Å². The van der Waals surface area contributed by atoms with Crippen LogP contribution in [0.1, 0.15) is 18.4 Å². The number of rotatable bonds is 3. The van der Waals surface area contributed by atoms with Crippen LogP contribution in [0.5, 0.6) is 0 Å². The highest BCUT2D eigenvalue weighted by molar-refractivity contribution is 7.99. The Labute approximate surface area is 107 Å². The molecule has 1 aliphatic rings. The third kappa shape index (κ3) is 3.96. The Kier molecular flexibility index (Phi) is 6.17. The molecule has 1 aromatic carbocycles. The molecule has 1 aliphatic heterocycles. The fourth-order valence-corrected chi connectivity index (χ4v) is 3.00. The first-order chi connectivity index (χ1) is 7.36. The Morgan fingerprint density at radius 3 is 2.62 bits per heavy atom. The predicted octanol–water partition coefficient (Wildman–Crippen LogP) is 3.23. The molecule has 0 bridgehead atoms. The second-order valence-corrected chi connectivity index (χ2v) is 5.14. The molecule has 0 radical (unpaired) electrons. The first-order valence-electron chi connectivity index (χ1n) is 5.42. The zero-order valence-electron chi connectivity index (χ0n) is 9.12. The van der Waals surface area contributed by atoms with Crippen molar-refractivity contribution in [1.29, 1.82) is 0 Å². The number of piperidine rings is 1. The molecule has 90 valence electrons. The average Bonchev–Trinajstić information content (AvgIpc) is 2.29. The fourth-order valence-electron chi connectivity index (χ4n) is 1.79. The second kappa shape index (κ2) is 7.15. The summed E-state index contributed by atoms with van der Waals surface area (Å²) in [5, 5.41) is 4.04. The lowest BCUT2D eigenvalue weighted by Crippen LogP contribution is -2.29. The van der Waals surface area contributed by atoms with Crippen LogP contribution in [0, 0.1) is 5.82 Å². The van der Waals surface area contributed by atoms with E-state index in [1.54, 1.807) is 6.07 Å². The van der Waals surface area contributed by atoms with E-state index in [0.29, 0.717) is 5.25 Å². The molecule has 0 saturated carbocycles. The quantitative estimate of drug-likeness (QED) is 0.897. The molecule has 0 spiro atoms. The Balaban J connectivity index is 0.00000128. The smallest absolute Gasteiger partial charge is 0.127 e. The molecular formula is C12H17ClFNS. The molecule has 1 fully saturated rings.